The number of hydrogen-bond acceptors (Lipinski definition) is 4. The molecule has 0 aliphatic carbocycles. The van der Waals surface area contributed by atoms with Crippen LogP contribution in [-0.4, -0.2) is 24.0 Å². The van der Waals surface area contributed by atoms with Crippen LogP contribution in [-0.2, 0) is 11.3 Å². The molecule has 1 aromatic carbocycles. The minimum atomic E-state index is 0.0834. The zero-order valence-electron chi connectivity index (χ0n) is 13.1. The van der Waals surface area contributed by atoms with E-state index >= 15 is 0 Å². The standard InChI is InChI=1S/C17H24N2OS/c1-17(2,3)19-11-13-6-7-16(14(9-13)10-18)21-12-15-5-4-8-20-15/h6-7,9,15,19H,4-5,8,11-12H2,1-3H3. The number of nitriles is 1. The summed E-state index contributed by atoms with van der Waals surface area (Å²) in [4.78, 5) is 1.06. The van der Waals surface area contributed by atoms with E-state index in [1.807, 2.05) is 6.07 Å². The van der Waals surface area contributed by atoms with Crippen molar-refractivity contribution in [2.45, 2.75) is 56.7 Å². The van der Waals surface area contributed by atoms with Crippen molar-refractivity contribution in [3.05, 3.63) is 29.3 Å². The molecule has 0 radical (unpaired) electrons. The van der Waals surface area contributed by atoms with Gasteiger partial charge in [-0.1, -0.05) is 6.07 Å². The molecule has 0 aromatic heterocycles. The van der Waals surface area contributed by atoms with Gasteiger partial charge in [-0.05, 0) is 51.3 Å². The fourth-order valence-corrected chi connectivity index (χ4v) is 3.28. The monoisotopic (exact) mass is 304 g/mol. The minimum absolute atomic E-state index is 0.0834. The van der Waals surface area contributed by atoms with Gasteiger partial charge in [0, 0.05) is 29.3 Å². The zero-order valence-corrected chi connectivity index (χ0v) is 13.9. The molecule has 0 bridgehead atoms. The third-order valence-electron chi connectivity index (χ3n) is 3.44. The molecule has 3 nitrogen and oxygen atoms in total. The quantitative estimate of drug-likeness (QED) is 0.842. The van der Waals surface area contributed by atoms with Crippen LogP contribution < -0.4 is 5.32 Å². The number of nitrogens with zero attached hydrogens (tertiary/aromatic N) is 1. The van der Waals surface area contributed by atoms with Crippen LogP contribution in [0.1, 0.15) is 44.7 Å². The first-order valence-corrected chi connectivity index (χ1v) is 8.49. The molecule has 4 heteroatoms. The van der Waals surface area contributed by atoms with E-state index in [4.69, 9.17) is 4.74 Å². The maximum Gasteiger partial charge on any atom is 0.100 e. The lowest BCUT2D eigenvalue weighted by atomic mass is 10.1. The maximum absolute atomic E-state index is 9.35. The molecule has 2 rings (SSSR count). The van der Waals surface area contributed by atoms with Crippen molar-refractivity contribution in [1.29, 1.82) is 5.26 Å². The highest BCUT2D eigenvalue weighted by molar-refractivity contribution is 7.99. The number of rotatable bonds is 5. The van der Waals surface area contributed by atoms with Crippen LogP contribution in [0.5, 0.6) is 0 Å². The van der Waals surface area contributed by atoms with E-state index in [1.165, 1.54) is 0 Å². The Morgan fingerprint density at radius 2 is 2.24 bits per heavy atom. The molecule has 1 unspecified atom stereocenters. The van der Waals surface area contributed by atoms with E-state index in [9.17, 15) is 5.26 Å². The Bertz CT molecular complexity index is 511. The number of benzene rings is 1. The van der Waals surface area contributed by atoms with Gasteiger partial charge in [-0.2, -0.15) is 5.26 Å². The summed E-state index contributed by atoms with van der Waals surface area (Å²) in [6.45, 7) is 8.10. The smallest absolute Gasteiger partial charge is 0.100 e. The fourth-order valence-electron chi connectivity index (χ4n) is 2.23. The lowest BCUT2D eigenvalue weighted by Gasteiger charge is -2.20. The molecule has 0 spiro atoms. The Balaban J connectivity index is 1.97. The molecule has 1 heterocycles. The SMILES string of the molecule is CC(C)(C)NCc1ccc(SCC2CCCO2)c(C#N)c1. The third kappa shape index (κ3) is 5.35. The second kappa shape index (κ2) is 7.31. The van der Waals surface area contributed by atoms with Gasteiger partial charge in [-0.15, -0.1) is 11.8 Å². The lowest BCUT2D eigenvalue weighted by Crippen LogP contribution is -2.35. The van der Waals surface area contributed by atoms with Crippen molar-refractivity contribution in [2.24, 2.45) is 0 Å². The summed E-state index contributed by atoms with van der Waals surface area (Å²) in [5, 5.41) is 12.8. The fraction of sp³-hybridized carbons (Fsp3) is 0.588. The summed E-state index contributed by atoms with van der Waals surface area (Å²) in [7, 11) is 0. The molecular formula is C17H24N2OS. The molecule has 1 saturated heterocycles. The molecule has 1 fully saturated rings. The predicted molar refractivity (Wildman–Crippen MR) is 87.4 cm³/mol. The molecule has 1 aliphatic rings. The Hall–Kier alpha value is -1.02. The first-order chi connectivity index (χ1) is 9.98. The molecular weight excluding hydrogens is 280 g/mol. The van der Waals surface area contributed by atoms with E-state index in [0.29, 0.717) is 6.10 Å². The first-order valence-electron chi connectivity index (χ1n) is 7.50. The summed E-state index contributed by atoms with van der Waals surface area (Å²) in [5.41, 5.74) is 2.01. The van der Waals surface area contributed by atoms with E-state index in [1.54, 1.807) is 11.8 Å². The van der Waals surface area contributed by atoms with Gasteiger partial charge in [-0.25, -0.2) is 0 Å². The molecule has 1 aliphatic heterocycles. The van der Waals surface area contributed by atoms with Crippen molar-refractivity contribution >= 4 is 11.8 Å². The highest BCUT2D eigenvalue weighted by Gasteiger charge is 2.16. The molecule has 1 N–H and O–H groups in total. The Labute approximate surface area is 132 Å². The number of nitrogens with one attached hydrogen (secondary N) is 1. The van der Waals surface area contributed by atoms with Crippen molar-refractivity contribution < 1.29 is 4.74 Å². The van der Waals surface area contributed by atoms with Crippen LogP contribution in [0, 0.1) is 11.3 Å². The summed E-state index contributed by atoms with van der Waals surface area (Å²) in [5.74, 6) is 0.939. The van der Waals surface area contributed by atoms with Crippen LogP contribution in [0.4, 0.5) is 0 Å². The van der Waals surface area contributed by atoms with Gasteiger partial charge in [0.05, 0.1) is 11.7 Å². The number of hydrogen-bond donors (Lipinski definition) is 1. The zero-order chi connectivity index (χ0) is 15.3. The van der Waals surface area contributed by atoms with Gasteiger partial charge in [0.25, 0.3) is 0 Å². The van der Waals surface area contributed by atoms with E-state index in [0.717, 1.165) is 47.8 Å². The third-order valence-corrected chi connectivity index (χ3v) is 4.64. The molecule has 0 amide bonds. The average Bonchev–Trinajstić information content (AvgIpc) is 2.95. The second-order valence-corrected chi connectivity index (χ2v) is 7.55. The number of thioether (sulfide) groups is 1. The highest BCUT2D eigenvalue weighted by Crippen LogP contribution is 2.27. The molecule has 21 heavy (non-hydrogen) atoms. The first kappa shape index (κ1) is 16.4. The predicted octanol–water partition coefficient (Wildman–Crippen LogP) is 3.72. The van der Waals surface area contributed by atoms with Crippen LogP contribution >= 0.6 is 11.8 Å². The molecule has 1 atom stereocenters. The topological polar surface area (TPSA) is 45.0 Å². The summed E-state index contributed by atoms with van der Waals surface area (Å²) in [6.07, 6.45) is 2.65. The summed E-state index contributed by atoms with van der Waals surface area (Å²) < 4.78 is 5.63. The van der Waals surface area contributed by atoms with E-state index in [2.05, 4.69) is 44.3 Å². The van der Waals surface area contributed by atoms with Crippen LogP contribution in [0.2, 0.25) is 0 Å². The maximum atomic E-state index is 9.35. The van der Waals surface area contributed by atoms with Crippen molar-refractivity contribution in [2.75, 3.05) is 12.4 Å². The molecule has 1 aromatic rings. The van der Waals surface area contributed by atoms with Crippen LogP contribution in [0.3, 0.4) is 0 Å². The van der Waals surface area contributed by atoms with Crippen molar-refractivity contribution in [3.63, 3.8) is 0 Å². The Kier molecular flexibility index (Phi) is 5.69. The Morgan fingerprint density at radius 1 is 1.43 bits per heavy atom. The van der Waals surface area contributed by atoms with Gasteiger partial charge < -0.3 is 10.1 Å². The number of ether oxygens (including phenoxy) is 1. The van der Waals surface area contributed by atoms with E-state index < -0.39 is 0 Å². The molecule has 114 valence electrons. The van der Waals surface area contributed by atoms with Gasteiger partial charge >= 0.3 is 0 Å². The van der Waals surface area contributed by atoms with Gasteiger partial charge in [-0.3, -0.25) is 0 Å². The van der Waals surface area contributed by atoms with Crippen molar-refractivity contribution in [1.82, 2.24) is 5.32 Å². The Morgan fingerprint density at radius 3 is 2.86 bits per heavy atom. The van der Waals surface area contributed by atoms with Gasteiger partial charge in [0.15, 0.2) is 0 Å². The van der Waals surface area contributed by atoms with Gasteiger partial charge in [0.2, 0.25) is 0 Å². The normalized spacial score (nSPS) is 18.7. The summed E-state index contributed by atoms with van der Waals surface area (Å²) >= 11 is 1.73. The van der Waals surface area contributed by atoms with Crippen molar-refractivity contribution in [3.8, 4) is 6.07 Å². The molecule has 0 saturated carbocycles. The highest BCUT2D eigenvalue weighted by atomic mass is 32.2. The lowest BCUT2D eigenvalue weighted by molar-refractivity contribution is 0.129. The summed E-state index contributed by atoms with van der Waals surface area (Å²) in [6, 6.07) is 8.49. The largest absolute Gasteiger partial charge is 0.377 e. The second-order valence-electron chi connectivity index (χ2n) is 6.49. The van der Waals surface area contributed by atoms with Crippen LogP contribution in [0.15, 0.2) is 23.1 Å². The van der Waals surface area contributed by atoms with E-state index in [-0.39, 0.29) is 5.54 Å². The van der Waals surface area contributed by atoms with Crippen LogP contribution in [0.25, 0.3) is 0 Å². The average molecular weight is 304 g/mol. The van der Waals surface area contributed by atoms with Gasteiger partial charge in [0.1, 0.15) is 6.07 Å². The minimum Gasteiger partial charge on any atom is -0.377 e.